The Balaban J connectivity index is 3.14. The highest BCUT2D eigenvalue weighted by molar-refractivity contribution is 5.55. The van der Waals surface area contributed by atoms with Crippen molar-refractivity contribution in [3.63, 3.8) is 0 Å². The van der Waals surface area contributed by atoms with Crippen molar-refractivity contribution < 1.29 is 0 Å². The van der Waals surface area contributed by atoms with Crippen LogP contribution >= 0.6 is 0 Å². The van der Waals surface area contributed by atoms with Crippen molar-refractivity contribution in [1.29, 1.82) is 0 Å². The number of hydrogen-bond donors (Lipinski definition) is 0. The quantitative estimate of drug-likeness (QED) is 0.706. The second-order valence-electron chi connectivity index (χ2n) is 4.23. The normalized spacial score (nSPS) is 10.7. The lowest BCUT2D eigenvalue weighted by atomic mass is 9.98. The highest BCUT2D eigenvalue weighted by Gasteiger charge is 2.09. The van der Waals surface area contributed by atoms with Crippen molar-refractivity contribution in [3.05, 3.63) is 29.3 Å². The lowest BCUT2D eigenvalue weighted by Crippen LogP contribution is -2.17. The summed E-state index contributed by atoms with van der Waals surface area (Å²) < 4.78 is 0. The van der Waals surface area contributed by atoms with Gasteiger partial charge in [0, 0.05) is 19.3 Å². The predicted molar refractivity (Wildman–Crippen MR) is 64.2 cm³/mol. The van der Waals surface area contributed by atoms with Crippen LogP contribution in [0.4, 0.5) is 5.69 Å². The largest absolute Gasteiger partial charge is 0.375 e. The Morgan fingerprint density at radius 1 is 1.29 bits per heavy atom. The van der Waals surface area contributed by atoms with Gasteiger partial charge < -0.3 is 4.90 Å². The average Bonchev–Trinajstić information content (AvgIpc) is 2.16. The van der Waals surface area contributed by atoms with Gasteiger partial charge >= 0.3 is 0 Å². The van der Waals surface area contributed by atoms with Gasteiger partial charge in [-0.1, -0.05) is 31.5 Å². The second-order valence-corrected chi connectivity index (χ2v) is 4.23. The van der Waals surface area contributed by atoms with Gasteiger partial charge in [0.1, 0.15) is 0 Å². The molecule has 14 heavy (non-hydrogen) atoms. The molecule has 0 bridgehead atoms. The topological polar surface area (TPSA) is 3.24 Å². The standard InChI is InChI=1S/C13H21N/c1-6-14(5)13-8-7-11(4)9-12(13)10(2)3/h7-10H,6H2,1-5H3. The lowest BCUT2D eigenvalue weighted by molar-refractivity contribution is 0.845. The SMILES string of the molecule is CCN(C)c1ccc(C)cc1C(C)C. The van der Waals surface area contributed by atoms with Gasteiger partial charge in [0.05, 0.1) is 0 Å². The van der Waals surface area contributed by atoms with E-state index in [4.69, 9.17) is 0 Å². The van der Waals surface area contributed by atoms with E-state index >= 15 is 0 Å². The maximum atomic E-state index is 2.30. The molecule has 0 aliphatic carbocycles. The first-order chi connectivity index (χ1) is 6.56. The summed E-state index contributed by atoms with van der Waals surface area (Å²) in [6, 6.07) is 6.72. The molecule has 0 N–H and O–H groups in total. The summed E-state index contributed by atoms with van der Waals surface area (Å²) in [6.07, 6.45) is 0. The minimum atomic E-state index is 0.596. The van der Waals surface area contributed by atoms with Crippen LogP contribution in [0.3, 0.4) is 0 Å². The number of hydrogen-bond acceptors (Lipinski definition) is 1. The third-order valence-corrected chi connectivity index (χ3v) is 2.69. The molecular formula is C13H21N. The molecule has 0 atom stereocenters. The van der Waals surface area contributed by atoms with E-state index in [0.717, 1.165) is 6.54 Å². The highest BCUT2D eigenvalue weighted by atomic mass is 15.1. The van der Waals surface area contributed by atoms with Crippen LogP contribution in [0.2, 0.25) is 0 Å². The summed E-state index contributed by atoms with van der Waals surface area (Å²) >= 11 is 0. The molecule has 0 radical (unpaired) electrons. The maximum absolute atomic E-state index is 2.30. The molecule has 0 saturated heterocycles. The Morgan fingerprint density at radius 2 is 1.93 bits per heavy atom. The van der Waals surface area contributed by atoms with Crippen molar-refractivity contribution >= 4 is 5.69 Å². The van der Waals surface area contributed by atoms with E-state index in [9.17, 15) is 0 Å². The maximum Gasteiger partial charge on any atom is 0.0398 e. The number of anilines is 1. The molecule has 0 aromatic heterocycles. The number of rotatable bonds is 3. The smallest absolute Gasteiger partial charge is 0.0398 e. The van der Waals surface area contributed by atoms with Crippen molar-refractivity contribution in [1.82, 2.24) is 0 Å². The average molecular weight is 191 g/mol. The van der Waals surface area contributed by atoms with Crippen LogP contribution in [0.15, 0.2) is 18.2 Å². The summed E-state index contributed by atoms with van der Waals surface area (Å²) in [6.45, 7) is 9.90. The summed E-state index contributed by atoms with van der Waals surface area (Å²) in [5, 5.41) is 0. The van der Waals surface area contributed by atoms with Gasteiger partial charge in [-0.05, 0) is 31.4 Å². The molecular weight excluding hydrogens is 170 g/mol. The fourth-order valence-corrected chi connectivity index (χ4v) is 1.65. The first-order valence-electron chi connectivity index (χ1n) is 5.38. The Kier molecular flexibility index (Phi) is 3.56. The van der Waals surface area contributed by atoms with E-state index in [0.29, 0.717) is 5.92 Å². The molecule has 1 nitrogen and oxygen atoms in total. The lowest BCUT2D eigenvalue weighted by Gasteiger charge is -2.23. The van der Waals surface area contributed by atoms with Crippen LogP contribution < -0.4 is 4.90 Å². The van der Waals surface area contributed by atoms with E-state index in [2.05, 4.69) is 57.8 Å². The van der Waals surface area contributed by atoms with Crippen LogP contribution in [0.25, 0.3) is 0 Å². The third-order valence-electron chi connectivity index (χ3n) is 2.69. The Bertz CT molecular complexity index is 302. The van der Waals surface area contributed by atoms with Crippen LogP contribution in [-0.4, -0.2) is 13.6 Å². The van der Waals surface area contributed by atoms with Crippen LogP contribution in [0.1, 0.15) is 37.8 Å². The van der Waals surface area contributed by atoms with E-state index in [-0.39, 0.29) is 0 Å². The number of nitrogens with zero attached hydrogens (tertiary/aromatic N) is 1. The fraction of sp³-hybridized carbons (Fsp3) is 0.538. The van der Waals surface area contributed by atoms with Crippen molar-refractivity contribution in [2.75, 3.05) is 18.5 Å². The van der Waals surface area contributed by atoms with E-state index in [1.165, 1.54) is 16.8 Å². The van der Waals surface area contributed by atoms with Crippen molar-refractivity contribution in [2.24, 2.45) is 0 Å². The minimum Gasteiger partial charge on any atom is -0.375 e. The summed E-state index contributed by atoms with van der Waals surface area (Å²) in [5.74, 6) is 0.596. The molecule has 0 amide bonds. The van der Waals surface area contributed by atoms with Gasteiger partial charge in [0.15, 0.2) is 0 Å². The van der Waals surface area contributed by atoms with Gasteiger partial charge in [-0.15, -0.1) is 0 Å². The zero-order chi connectivity index (χ0) is 10.7. The Labute approximate surface area is 87.7 Å². The van der Waals surface area contributed by atoms with E-state index in [1.54, 1.807) is 0 Å². The Morgan fingerprint density at radius 3 is 2.43 bits per heavy atom. The molecule has 0 heterocycles. The zero-order valence-electron chi connectivity index (χ0n) is 9.96. The molecule has 0 unspecified atom stereocenters. The molecule has 1 aromatic carbocycles. The highest BCUT2D eigenvalue weighted by Crippen LogP contribution is 2.27. The van der Waals surface area contributed by atoms with Gasteiger partial charge in [-0.3, -0.25) is 0 Å². The first-order valence-corrected chi connectivity index (χ1v) is 5.38. The summed E-state index contributed by atoms with van der Waals surface area (Å²) in [5.41, 5.74) is 4.17. The zero-order valence-corrected chi connectivity index (χ0v) is 9.96. The molecule has 0 fully saturated rings. The Hall–Kier alpha value is -0.980. The van der Waals surface area contributed by atoms with E-state index in [1.807, 2.05) is 0 Å². The van der Waals surface area contributed by atoms with Crippen LogP contribution in [0, 0.1) is 6.92 Å². The number of benzene rings is 1. The summed E-state index contributed by atoms with van der Waals surface area (Å²) in [4.78, 5) is 2.30. The van der Waals surface area contributed by atoms with Crippen LogP contribution in [-0.2, 0) is 0 Å². The van der Waals surface area contributed by atoms with Gasteiger partial charge in [0.2, 0.25) is 0 Å². The molecule has 0 spiro atoms. The second kappa shape index (κ2) is 4.50. The molecule has 1 heteroatoms. The number of aryl methyl sites for hydroxylation is 1. The molecule has 1 aromatic rings. The molecule has 0 aliphatic heterocycles. The molecule has 1 rings (SSSR count). The fourth-order valence-electron chi connectivity index (χ4n) is 1.65. The molecule has 78 valence electrons. The van der Waals surface area contributed by atoms with Crippen molar-refractivity contribution in [2.45, 2.75) is 33.6 Å². The first kappa shape index (κ1) is 11.1. The predicted octanol–water partition coefficient (Wildman–Crippen LogP) is 3.57. The van der Waals surface area contributed by atoms with Crippen LogP contribution in [0.5, 0.6) is 0 Å². The van der Waals surface area contributed by atoms with Crippen molar-refractivity contribution in [3.8, 4) is 0 Å². The van der Waals surface area contributed by atoms with Gasteiger partial charge in [-0.2, -0.15) is 0 Å². The monoisotopic (exact) mass is 191 g/mol. The van der Waals surface area contributed by atoms with Gasteiger partial charge in [0.25, 0.3) is 0 Å². The van der Waals surface area contributed by atoms with E-state index < -0.39 is 0 Å². The molecule has 0 aliphatic rings. The third kappa shape index (κ3) is 2.28. The molecule has 0 saturated carbocycles. The van der Waals surface area contributed by atoms with Gasteiger partial charge in [-0.25, -0.2) is 0 Å². The summed E-state index contributed by atoms with van der Waals surface area (Å²) in [7, 11) is 2.15. The minimum absolute atomic E-state index is 0.596.